The summed E-state index contributed by atoms with van der Waals surface area (Å²) in [6, 6.07) is 42.3. The van der Waals surface area contributed by atoms with E-state index in [4.69, 9.17) is 0 Å². The molecular formula is C42H35N3+2. The van der Waals surface area contributed by atoms with Gasteiger partial charge in [-0.1, -0.05) is 78.9 Å². The normalized spacial score (nSPS) is 14.0. The molecule has 9 rings (SSSR count). The Labute approximate surface area is 263 Å². The van der Waals surface area contributed by atoms with Crippen LogP contribution < -0.4 is 9.13 Å². The van der Waals surface area contributed by atoms with Gasteiger partial charge in [0.1, 0.15) is 13.1 Å². The Morgan fingerprint density at radius 1 is 0.644 bits per heavy atom. The molecule has 0 radical (unpaired) electrons. The average molecular weight is 582 g/mol. The standard InChI is InChI=1S/C42H34N3/c1-2-12-31(13-3-1)41-35(34-17-5-6-18-36(34)43-41)24-23-33-28-32-14-4-7-19-37(32)45-27-11-16-30-22-21-29-15-10-26-44-25-9-8-20-38(44)39(29)40(30)42(33)45/h1-9,12-14,17-25,28H,10-11,15-16,26-27H2/q+1/p+1. The molecule has 216 valence electrons. The van der Waals surface area contributed by atoms with Crippen molar-refractivity contribution in [2.24, 2.45) is 0 Å². The Kier molecular flexibility index (Phi) is 6.22. The van der Waals surface area contributed by atoms with E-state index in [-0.39, 0.29) is 0 Å². The maximum absolute atomic E-state index is 3.73. The minimum atomic E-state index is 0.998. The second kappa shape index (κ2) is 10.7. The predicted octanol–water partition coefficient (Wildman–Crippen LogP) is 8.96. The number of benzene rings is 4. The van der Waals surface area contributed by atoms with E-state index in [2.05, 4.69) is 148 Å². The van der Waals surface area contributed by atoms with Crippen molar-refractivity contribution < 1.29 is 9.13 Å². The predicted molar refractivity (Wildman–Crippen MR) is 185 cm³/mol. The molecular weight excluding hydrogens is 546 g/mol. The second-order valence-electron chi connectivity index (χ2n) is 12.4. The highest BCUT2D eigenvalue weighted by molar-refractivity contribution is 6.00. The molecule has 4 aromatic carbocycles. The highest BCUT2D eigenvalue weighted by atomic mass is 15.0. The number of rotatable bonds is 3. The first-order valence-corrected chi connectivity index (χ1v) is 16.3. The molecule has 0 saturated heterocycles. The lowest BCUT2D eigenvalue weighted by Gasteiger charge is -2.16. The number of hydrogen-bond donors (Lipinski definition) is 1. The van der Waals surface area contributed by atoms with Gasteiger partial charge in [-0.3, -0.25) is 0 Å². The Morgan fingerprint density at radius 2 is 1.40 bits per heavy atom. The third-order valence-corrected chi connectivity index (χ3v) is 9.80. The van der Waals surface area contributed by atoms with Gasteiger partial charge in [-0.2, -0.15) is 9.13 Å². The minimum Gasteiger partial charge on any atom is -0.354 e. The van der Waals surface area contributed by atoms with Crippen LogP contribution in [0.2, 0.25) is 0 Å². The Bertz CT molecular complexity index is 2270. The zero-order chi connectivity index (χ0) is 29.7. The molecule has 3 aromatic heterocycles. The van der Waals surface area contributed by atoms with Gasteiger partial charge in [0.05, 0.1) is 16.8 Å². The van der Waals surface area contributed by atoms with E-state index >= 15 is 0 Å². The van der Waals surface area contributed by atoms with Gasteiger partial charge in [0.15, 0.2) is 6.20 Å². The molecule has 0 aliphatic carbocycles. The first kappa shape index (κ1) is 26.2. The smallest absolute Gasteiger partial charge is 0.221 e. The molecule has 5 heterocycles. The fourth-order valence-electron chi connectivity index (χ4n) is 7.78. The zero-order valence-corrected chi connectivity index (χ0v) is 25.3. The largest absolute Gasteiger partial charge is 0.354 e. The van der Waals surface area contributed by atoms with Crippen LogP contribution in [0.4, 0.5) is 0 Å². The van der Waals surface area contributed by atoms with Crippen molar-refractivity contribution in [2.75, 3.05) is 0 Å². The lowest BCUT2D eigenvalue weighted by atomic mass is 9.87. The summed E-state index contributed by atoms with van der Waals surface area (Å²) in [5.74, 6) is 0. The van der Waals surface area contributed by atoms with E-state index in [1.54, 1.807) is 0 Å². The summed E-state index contributed by atoms with van der Waals surface area (Å²) in [7, 11) is 0. The van der Waals surface area contributed by atoms with Crippen LogP contribution in [-0.2, 0) is 25.9 Å². The molecule has 0 saturated carbocycles. The van der Waals surface area contributed by atoms with Crippen molar-refractivity contribution in [1.82, 2.24) is 4.98 Å². The van der Waals surface area contributed by atoms with Crippen LogP contribution in [0.15, 0.2) is 121 Å². The molecule has 0 atom stereocenters. The second-order valence-corrected chi connectivity index (χ2v) is 12.4. The molecule has 3 heteroatoms. The van der Waals surface area contributed by atoms with Crippen LogP contribution in [0.25, 0.3) is 67.7 Å². The van der Waals surface area contributed by atoms with Gasteiger partial charge in [-0.25, -0.2) is 0 Å². The lowest BCUT2D eigenvalue weighted by molar-refractivity contribution is -0.686. The van der Waals surface area contributed by atoms with Crippen molar-refractivity contribution in [2.45, 2.75) is 38.8 Å². The lowest BCUT2D eigenvalue weighted by Crippen LogP contribution is -2.38. The molecule has 0 bridgehead atoms. The third-order valence-electron chi connectivity index (χ3n) is 9.80. The van der Waals surface area contributed by atoms with Crippen molar-refractivity contribution in [1.29, 1.82) is 0 Å². The monoisotopic (exact) mass is 581 g/mol. The number of pyridine rings is 2. The summed E-state index contributed by atoms with van der Waals surface area (Å²) in [5.41, 5.74) is 15.7. The number of hydrogen-bond acceptors (Lipinski definition) is 0. The fraction of sp³-hybridized carbons (Fsp3) is 0.143. The van der Waals surface area contributed by atoms with Crippen molar-refractivity contribution >= 4 is 34.0 Å². The van der Waals surface area contributed by atoms with Crippen molar-refractivity contribution in [3.05, 3.63) is 144 Å². The number of aryl methyl sites for hydroxylation is 4. The van der Waals surface area contributed by atoms with Crippen LogP contribution in [-0.4, -0.2) is 4.98 Å². The fourth-order valence-corrected chi connectivity index (χ4v) is 7.78. The van der Waals surface area contributed by atoms with Crippen molar-refractivity contribution in [3.8, 4) is 33.8 Å². The third kappa shape index (κ3) is 4.34. The molecule has 0 fully saturated rings. The number of aromatic amines is 1. The molecule has 1 N–H and O–H groups in total. The number of fused-ring (bicyclic) bond motifs is 10. The topological polar surface area (TPSA) is 23.5 Å². The van der Waals surface area contributed by atoms with Gasteiger partial charge in [-0.05, 0) is 59.9 Å². The molecule has 0 amide bonds. The average Bonchev–Trinajstić information content (AvgIpc) is 3.21. The summed E-state index contributed by atoms with van der Waals surface area (Å²) in [4.78, 5) is 3.73. The van der Waals surface area contributed by atoms with Gasteiger partial charge in [-0.15, -0.1) is 0 Å². The highest BCUT2D eigenvalue weighted by Gasteiger charge is 2.34. The molecule has 2 aliphatic heterocycles. The maximum Gasteiger partial charge on any atom is 0.221 e. The van der Waals surface area contributed by atoms with E-state index in [1.807, 2.05) is 0 Å². The van der Waals surface area contributed by atoms with Gasteiger partial charge in [0.25, 0.3) is 0 Å². The minimum absolute atomic E-state index is 0.998. The first-order valence-electron chi connectivity index (χ1n) is 16.3. The van der Waals surface area contributed by atoms with E-state index in [0.717, 1.165) is 50.0 Å². The summed E-state index contributed by atoms with van der Waals surface area (Å²) >= 11 is 0. The van der Waals surface area contributed by atoms with Gasteiger partial charge < -0.3 is 4.98 Å². The molecule has 2 aliphatic rings. The first-order chi connectivity index (χ1) is 22.3. The number of nitrogens with zero attached hydrogens (tertiary/aromatic N) is 2. The quantitative estimate of drug-likeness (QED) is 0.201. The SMILES string of the molecule is C(=C\c1c(-c2ccccc2)[nH]c2ccccc12)/c1cc2ccccc2[n+]2c1-c1c(ccc3c1-c1cccc[n+]1CCC3)CCC2. The summed E-state index contributed by atoms with van der Waals surface area (Å²) in [6.45, 7) is 2.05. The van der Waals surface area contributed by atoms with Gasteiger partial charge in [0, 0.05) is 58.5 Å². The number of H-pyrrole nitrogens is 1. The van der Waals surface area contributed by atoms with E-state index in [1.165, 1.54) is 66.6 Å². The number of aromatic nitrogens is 3. The Morgan fingerprint density at radius 3 is 2.31 bits per heavy atom. The zero-order valence-electron chi connectivity index (χ0n) is 25.3. The Balaban J connectivity index is 1.34. The summed E-state index contributed by atoms with van der Waals surface area (Å²) in [5, 5.41) is 2.52. The van der Waals surface area contributed by atoms with E-state index in [0.29, 0.717) is 0 Å². The van der Waals surface area contributed by atoms with Crippen LogP contribution >= 0.6 is 0 Å². The Hall–Kier alpha value is -5.28. The van der Waals surface area contributed by atoms with Crippen molar-refractivity contribution in [3.63, 3.8) is 0 Å². The van der Waals surface area contributed by atoms with E-state index in [9.17, 15) is 0 Å². The summed E-state index contributed by atoms with van der Waals surface area (Å²) < 4.78 is 5.09. The number of para-hydroxylation sites is 2. The highest BCUT2D eigenvalue weighted by Crippen LogP contribution is 2.41. The summed E-state index contributed by atoms with van der Waals surface area (Å²) in [6.07, 6.45) is 11.4. The molecule has 7 aromatic rings. The molecule has 0 unspecified atom stereocenters. The molecule has 0 spiro atoms. The van der Waals surface area contributed by atoms with Crippen LogP contribution in [0.3, 0.4) is 0 Å². The van der Waals surface area contributed by atoms with Crippen LogP contribution in [0.1, 0.15) is 35.1 Å². The van der Waals surface area contributed by atoms with Crippen LogP contribution in [0, 0.1) is 0 Å². The van der Waals surface area contributed by atoms with E-state index < -0.39 is 0 Å². The van der Waals surface area contributed by atoms with Gasteiger partial charge in [0.2, 0.25) is 16.9 Å². The molecule has 3 nitrogen and oxygen atoms in total. The van der Waals surface area contributed by atoms with Gasteiger partial charge >= 0.3 is 0 Å². The number of nitrogens with one attached hydrogen (secondary N) is 1. The van der Waals surface area contributed by atoms with Crippen LogP contribution in [0.5, 0.6) is 0 Å². The molecule has 45 heavy (non-hydrogen) atoms. The maximum atomic E-state index is 3.73.